The second-order valence-electron chi connectivity index (χ2n) is 6.62. The second kappa shape index (κ2) is 8.13. The zero-order chi connectivity index (χ0) is 16.1. The van der Waals surface area contributed by atoms with Crippen molar-refractivity contribution in [3.8, 4) is 0 Å². The van der Waals surface area contributed by atoms with E-state index in [-0.39, 0.29) is 12.1 Å². The number of carbonyl (C=O) groups excluding carboxylic acids is 1. The van der Waals surface area contributed by atoms with Crippen molar-refractivity contribution < 1.29 is 9.53 Å². The Bertz CT molecular complexity index is 514. The molecule has 0 unspecified atom stereocenters. The van der Waals surface area contributed by atoms with E-state index in [9.17, 15) is 4.79 Å². The highest BCUT2D eigenvalue weighted by Crippen LogP contribution is 2.33. The molecule has 0 aromatic carbocycles. The number of amides is 2. The Balaban J connectivity index is 1.40. The quantitative estimate of drug-likeness (QED) is 0.867. The number of nitrogens with one attached hydrogen (secondary N) is 2. The summed E-state index contributed by atoms with van der Waals surface area (Å²) in [4.78, 5) is 16.0. The lowest BCUT2D eigenvalue weighted by atomic mass is 9.94. The first kappa shape index (κ1) is 16.7. The van der Waals surface area contributed by atoms with E-state index in [1.165, 1.54) is 10.4 Å². The molecule has 0 radical (unpaired) electrons. The van der Waals surface area contributed by atoms with Gasteiger partial charge in [-0.2, -0.15) is 0 Å². The molecule has 3 rings (SSSR count). The minimum atomic E-state index is -0.0390. The predicted molar refractivity (Wildman–Crippen MR) is 93.0 cm³/mol. The van der Waals surface area contributed by atoms with Gasteiger partial charge in [0.05, 0.1) is 19.3 Å². The van der Waals surface area contributed by atoms with Crippen LogP contribution in [0.25, 0.3) is 0 Å². The Morgan fingerprint density at radius 1 is 1.48 bits per heavy atom. The minimum absolute atomic E-state index is 0.0390. The molecule has 2 amide bonds. The van der Waals surface area contributed by atoms with Gasteiger partial charge in [-0.15, -0.1) is 11.3 Å². The fourth-order valence-electron chi connectivity index (χ4n) is 3.40. The number of ether oxygens (including phenoxy) is 1. The molecule has 2 atom stereocenters. The number of urea groups is 1. The normalized spacial score (nSPS) is 23.1. The van der Waals surface area contributed by atoms with Crippen molar-refractivity contribution in [2.75, 3.05) is 39.4 Å². The number of aryl methyl sites for hydroxylation is 1. The highest BCUT2D eigenvalue weighted by atomic mass is 32.1. The van der Waals surface area contributed by atoms with E-state index >= 15 is 0 Å². The maximum absolute atomic E-state index is 12.2. The zero-order valence-electron chi connectivity index (χ0n) is 13.8. The molecule has 5 nitrogen and oxygen atoms in total. The van der Waals surface area contributed by atoms with Crippen LogP contribution in [-0.2, 0) is 11.2 Å². The molecule has 6 heteroatoms. The van der Waals surface area contributed by atoms with Gasteiger partial charge >= 0.3 is 6.03 Å². The van der Waals surface area contributed by atoms with Crippen LogP contribution in [0.5, 0.6) is 0 Å². The van der Waals surface area contributed by atoms with Gasteiger partial charge in [0, 0.05) is 31.1 Å². The predicted octanol–water partition coefficient (Wildman–Crippen LogP) is 2.39. The summed E-state index contributed by atoms with van der Waals surface area (Å²) in [5.74, 6) is 0.446. The second-order valence-corrected chi connectivity index (χ2v) is 7.62. The lowest BCUT2D eigenvalue weighted by molar-refractivity contribution is 0.0319. The maximum atomic E-state index is 12.2. The molecule has 1 aromatic heterocycles. The summed E-state index contributed by atoms with van der Waals surface area (Å²) in [6.07, 6.45) is 3.36. The van der Waals surface area contributed by atoms with Gasteiger partial charge in [0.15, 0.2) is 0 Å². The number of nitrogens with zero attached hydrogens (tertiary/aromatic N) is 1. The van der Waals surface area contributed by atoms with Gasteiger partial charge in [-0.3, -0.25) is 4.90 Å². The summed E-state index contributed by atoms with van der Waals surface area (Å²) in [5, 5.41) is 8.31. The standard InChI is InChI=1S/C17H27N3O2S/c1-13(12-20-6-8-22-9-7-20)11-18-17(21)19-15-3-2-4-16-14(15)5-10-23-16/h5,10,13,15H,2-4,6-9,11-12H2,1H3,(H2,18,19,21)/t13-,15-/m0/s1. The molecular weight excluding hydrogens is 310 g/mol. The van der Waals surface area contributed by atoms with Crippen molar-refractivity contribution in [1.82, 2.24) is 15.5 Å². The zero-order valence-corrected chi connectivity index (χ0v) is 14.7. The molecule has 2 aliphatic rings. The number of fused-ring (bicyclic) bond motifs is 1. The summed E-state index contributed by atoms with van der Waals surface area (Å²) in [7, 11) is 0. The summed E-state index contributed by atoms with van der Waals surface area (Å²) < 4.78 is 5.37. The maximum Gasteiger partial charge on any atom is 0.315 e. The molecule has 23 heavy (non-hydrogen) atoms. The molecule has 1 saturated heterocycles. The number of morpholine rings is 1. The molecule has 128 valence electrons. The van der Waals surface area contributed by atoms with E-state index in [2.05, 4.69) is 33.9 Å². The fourth-order valence-corrected chi connectivity index (χ4v) is 4.39. The number of hydrogen-bond donors (Lipinski definition) is 2. The van der Waals surface area contributed by atoms with Crippen LogP contribution in [0.15, 0.2) is 11.4 Å². The first-order valence-corrected chi connectivity index (χ1v) is 9.51. The van der Waals surface area contributed by atoms with Gasteiger partial charge in [0.1, 0.15) is 0 Å². The van der Waals surface area contributed by atoms with Gasteiger partial charge in [0.25, 0.3) is 0 Å². The van der Waals surface area contributed by atoms with E-state index in [0.29, 0.717) is 12.5 Å². The Morgan fingerprint density at radius 3 is 3.13 bits per heavy atom. The summed E-state index contributed by atoms with van der Waals surface area (Å²) in [5.41, 5.74) is 1.32. The Morgan fingerprint density at radius 2 is 2.30 bits per heavy atom. The van der Waals surface area contributed by atoms with Gasteiger partial charge < -0.3 is 15.4 Å². The highest BCUT2D eigenvalue weighted by molar-refractivity contribution is 7.10. The van der Waals surface area contributed by atoms with Crippen molar-refractivity contribution in [1.29, 1.82) is 0 Å². The van der Waals surface area contributed by atoms with Crippen LogP contribution in [0.3, 0.4) is 0 Å². The van der Waals surface area contributed by atoms with E-state index < -0.39 is 0 Å². The van der Waals surface area contributed by atoms with Gasteiger partial charge in [-0.25, -0.2) is 4.79 Å². The van der Waals surface area contributed by atoms with E-state index in [0.717, 1.165) is 52.1 Å². The van der Waals surface area contributed by atoms with Crippen LogP contribution in [0.2, 0.25) is 0 Å². The number of hydrogen-bond acceptors (Lipinski definition) is 4. The first-order valence-electron chi connectivity index (χ1n) is 8.63. The molecule has 0 bridgehead atoms. The Kier molecular flexibility index (Phi) is 5.91. The van der Waals surface area contributed by atoms with Crippen LogP contribution in [-0.4, -0.2) is 50.3 Å². The molecule has 2 N–H and O–H groups in total. The molecular formula is C17H27N3O2S. The molecule has 1 aliphatic heterocycles. The smallest absolute Gasteiger partial charge is 0.315 e. The number of carbonyl (C=O) groups is 1. The van der Waals surface area contributed by atoms with Crippen molar-refractivity contribution in [3.63, 3.8) is 0 Å². The van der Waals surface area contributed by atoms with Crippen LogP contribution < -0.4 is 10.6 Å². The van der Waals surface area contributed by atoms with Crippen molar-refractivity contribution in [2.24, 2.45) is 5.92 Å². The summed E-state index contributed by atoms with van der Waals surface area (Å²) >= 11 is 1.81. The Labute approximate surface area is 142 Å². The number of thiophene rings is 1. The Hall–Kier alpha value is -1.11. The molecule has 1 aromatic rings. The lowest BCUT2D eigenvalue weighted by Gasteiger charge is -2.29. The van der Waals surface area contributed by atoms with Crippen molar-refractivity contribution in [3.05, 3.63) is 21.9 Å². The first-order chi connectivity index (χ1) is 11.2. The topological polar surface area (TPSA) is 53.6 Å². The molecule has 1 fully saturated rings. The van der Waals surface area contributed by atoms with E-state index in [1.807, 2.05) is 0 Å². The van der Waals surface area contributed by atoms with Crippen molar-refractivity contribution in [2.45, 2.75) is 32.2 Å². The average Bonchev–Trinajstić information content (AvgIpc) is 3.04. The third-order valence-corrected chi connectivity index (χ3v) is 5.64. The van der Waals surface area contributed by atoms with Gasteiger partial charge in [0.2, 0.25) is 0 Å². The van der Waals surface area contributed by atoms with Gasteiger partial charge in [-0.05, 0) is 42.2 Å². The average molecular weight is 337 g/mol. The molecule has 0 spiro atoms. The lowest BCUT2D eigenvalue weighted by Crippen LogP contribution is -2.44. The van der Waals surface area contributed by atoms with E-state index in [1.54, 1.807) is 11.3 Å². The summed E-state index contributed by atoms with van der Waals surface area (Å²) in [6.45, 7) is 7.57. The van der Waals surface area contributed by atoms with Crippen molar-refractivity contribution >= 4 is 17.4 Å². The molecule has 0 saturated carbocycles. The van der Waals surface area contributed by atoms with E-state index in [4.69, 9.17) is 4.74 Å². The fraction of sp³-hybridized carbons (Fsp3) is 0.706. The van der Waals surface area contributed by atoms with Gasteiger partial charge in [-0.1, -0.05) is 6.92 Å². The van der Waals surface area contributed by atoms with Crippen LogP contribution >= 0.6 is 11.3 Å². The third-order valence-electron chi connectivity index (χ3n) is 4.64. The summed E-state index contributed by atoms with van der Waals surface area (Å²) in [6, 6.07) is 2.30. The van der Waals surface area contributed by atoms with Crippen LogP contribution in [0.1, 0.15) is 36.2 Å². The SMILES string of the molecule is C[C@@H](CNC(=O)N[C@H]1CCCc2sccc21)CN1CCOCC1. The largest absolute Gasteiger partial charge is 0.379 e. The van der Waals surface area contributed by atoms with Crippen LogP contribution in [0.4, 0.5) is 4.79 Å². The van der Waals surface area contributed by atoms with Crippen LogP contribution in [0, 0.1) is 5.92 Å². The monoisotopic (exact) mass is 337 g/mol. The molecule has 1 aliphatic carbocycles. The number of rotatable bonds is 5. The minimum Gasteiger partial charge on any atom is -0.379 e. The third kappa shape index (κ3) is 4.68. The highest BCUT2D eigenvalue weighted by Gasteiger charge is 2.22. The molecule has 2 heterocycles.